The second-order valence-electron chi connectivity index (χ2n) is 2.25. The van der Waals surface area contributed by atoms with Gasteiger partial charge < -0.3 is 4.74 Å². The lowest BCUT2D eigenvalue weighted by Crippen LogP contribution is -2.16. The van der Waals surface area contributed by atoms with Gasteiger partial charge in [-0.25, -0.2) is 0 Å². The van der Waals surface area contributed by atoms with E-state index < -0.39 is 0 Å². The molecule has 0 spiro atoms. The van der Waals surface area contributed by atoms with E-state index in [1.807, 2.05) is 6.92 Å². The minimum atomic E-state index is 0.240. The van der Waals surface area contributed by atoms with Gasteiger partial charge in [0, 0.05) is 6.61 Å². The van der Waals surface area contributed by atoms with Gasteiger partial charge >= 0.3 is 0 Å². The molecule has 0 saturated carbocycles. The molecule has 1 nitrogen and oxygen atoms in total. The van der Waals surface area contributed by atoms with Crippen LogP contribution in [0.2, 0.25) is 0 Å². The summed E-state index contributed by atoms with van der Waals surface area (Å²) in [4.78, 5) is 0. The molecule has 0 aliphatic carbocycles. The summed E-state index contributed by atoms with van der Waals surface area (Å²) in [5, 5.41) is 0. The fourth-order valence-corrected chi connectivity index (χ4v) is 1.02. The second-order valence-corrected chi connectivity index (χ2v) is 2.25. The van der Waals surface area contributed by atoms with Crippen molar-refractivity contribution in [2.45, 2.75) is 32.3 Å². The molecule has 0 aromatic heterocycles. The zero-order valence-electron chi connectivity index (χ0n) is 5.81. The SMILES string of the molecule is CC#CC1CCCCO1. The molecule has 1 aliphatic rings. The van der Waals surface area contributed by atoms with Crippen LogP contribution in [0.1, 0.15) is 26.2 Å². The Hall–Kier alpha value is -0.480. The molecule has 0 aromatic rings. The van der Waals surface area contributed by atoms with Crippen molar-refractivity contribution in [2.24, 2.45) is 0 Å². The van der Waals surface area contributed by atoms with E-state index in [4.69, 9.17) is 4.74 Å². The zero-order valence-corrected chi connectivity index (χ0v) is 5.81. The minimum absolute atomic E-state index is 0.240. The maximum absolute atomic E-state index is 5.34. The first-order valence-electron chi connectivity index (χ1n) is 3.47. The van der Waals surface area contributed by atoms with E-state index in [0.717, 1.165) is 13.0 Å². The van der Waals surface area contributed by atoms with Crippen LogP contribution in [0.5, 0.6) is 0 Å². The Kier molecular flexibility index (Phi) is 2.60. The first kappa shape index (κ1) is 6.64. The molecular formula is C8H12O. The average Bonchev–Trinajstić information content (AvgIpc) is 1.91. The molecule has 0 aromatic carbocycles. The molecule has 1 unspecified atom stereocenters. The van der Waals surface area contributed by atoms with Gasteiger partial charge in [0.05, 0.1) is 0 Å². The van der Waals surface area contributed by atoms with E-state index in [1.54, 1.807) is 0 Å². The van der Waals surface area contributed by atoms with Crippen molar-refractivity contribution in [1.82, 2.24) is 0 Å². The Labute approximate surface area is 56.4 Å². The van der Waals surface area contributed by atoms with Crippen molar-refractivity contribution in [2.75, 3.05) is 6.61 Å². The normalized spacial score (nSPS) is 26.6. The smallest absolute Gasteiger partial charge is 0.118 e. The van der Waals surface area contributed by atoms with Crippen molar-refractivity contribution < 1.29 is 4.74 Å². The predicted molar refractivity (Wildman–Crippen MR) is 37.0 cm³/mol. The Balaban J connectivity index is 2.28. The van der Waals surface area contributed by atoms with Crippen molar-refractivity contribution in [3.8, 4) is 11.8 Å². The van der Waals surface area contributed by atoms with Crippen LogP contribution in [0.15, 0.2) is 0 Å². The second kappa shape index (κ2) is 3.53. The maximum Gasteiger partial charge on any atom is 0.118 e. The van der Waals surface area contributed by atoms with Crippen molar-refractivity contribution in [1.29, 1.82) is 0 Å². The quantitative estimate of drug-likeness (QED) is 0.445. The highest BCUT2D eigenvalue weighted by atomic mass is 16.5. The van der Waals surface area contributed by atoms with Gasteiger partial charge in [0.15, 0.2) is 0 Å². The number of rotatable bonds is 0. The summed E-state index contributed by atoms with van der Waals surface area (Å²) in [5.74, 6) is 5.87. The van der Waals surface area contributed by atoms with E-state index in [1.165, 1.54) is 12.8 Å². The molecule has 0 N–H and O–H groups in total. The lowest BCUT2D eigenvalue weighted by molar-refractivity contribution is 0.0525. The van der Waals surface area contributed by atoms with Crippen LogP contribution in [0, 0.1) is 11.8 Å². The third-order valence-electron chi connectivity index (χ3n) is 1.49. The number of ether oxygens (including phenoxy) is 1. The average molecular weight is 124 g/mol. The molecule has 0 amide bonds. The standard InChI is InChI=1S/C8H12O/c1-2-5-8-6-3-4-7-9-8/h8H,3-4,6-7H2,1H3. The van der Waals surface area contributed by atoms with Gasteiger partial charge in [0.25, 0.3) is 0 Å². The monoisotopic (exact) mass is 124 g/mol. The number of hydrogen-bond donors (Lipinski definition) is 0. The molecule has 1 saturated heterocycles. The van der Waals surface area contributed by atoms with Crippen LogP contribution in [-0.2, 0) is 4.74 Å². The Morgan fingerprint density at radius 3 is 2.89 bits per heavy atom. The fraction of sp³-hybridized carbons (Fsp3) is 0.750. The molecule has 1 atom stereocenters. The van der Waals surface area contributed by atoms with Crippen LogP contribution >= 0.6 is 0 Å². The Morgan fingerprint density at radius 1 is 1.44 bits per heavy atom. The molecule has 1 heteroatoms. The molecule has 1 aliphatic heterocycles. The minimum Gasteiger partial charge on any atom is -0.366 e. The third-order valence-corrected chi connectivity index (χ3v) is 1.49. The predicted octanol–water partition coefficient (Wildman–Crippen LogP) is 1.58. The van der Waals surface area contributed by atoms with Crippen molar-refractivity contribution in [3.05, 3.63) is 0 Å². The Morgan fingerprint density at radius 2 is 2.33 bits per heavy atom. The van der Waals surface area contributed by atoms with Gasteiger partial charge in [-0.2, -0.15) is 0 Å². The summed E-state index contributed by atoms with van der Waals surface area (Å²) in [6, 6.07) is 0. The molecular weight excluding hydrogens is 112 g/mol. The largest absolute Gasteiger partial charge is 0.366 e. The highest BCUT2D eigenvalue weighted by Gasteiger charge is 2.09. The van der Waals surface area contributed by atoms with Gasteiger partial charge in [-0.3, -0.25) is 0 Å². The van der Waals surface area contributed by atoms with Crippen LogP contribution in [-0.4, -0.2) is 12.7 Å². The molecule has 9 heavy (non-hydrogen) atoms. The molecule has 50 valence electrons. The maximum atomic E-state index is 5.34. The highest BCUT2D eigenvalue weighted by molar-refractivity contribution is 5.02. The first-order valence-corrected chi connectivity index (χ1v) is 3.47. The highest BCUT2D eigenvalue weighted by Crippen LogP contribution is 2.10. The summed E-state index contributed by atoms with van der Waals surface area (Å²) in [7, 11) is 0. The molecule has 0 radical (unpaired) electrons. The van der Waals surface area contributed by atoms with Crippen molar-refractivity contribution in [3.63, 3.8) is 0 Å². The summed E-state index contributed by atoms with van der Waals surface area (Å²) in [5.41, 5.74) is 0. The Bertz CT molecular complexity index is 123. The summed E-state index contributed by atoms with van der Waals surface area (Å²) in [6.45, 7) is 2.76. The lowest BCUT2D eigenvalue weighted by Gasteiger charge is -2.16. The topological polar surface area (TPSA) is 9.23 Å². The van der Waals surface area contributed by atoms with Crippen LogP contribution in [0.25, 0.3) is 0 Å². The van der Waals surface area contributed by atoms with Gasteiger partial charge in [0.1, 0.15) is 6.10 Å². The van der Waals surface area contributed by atoms with Crippen LogP contribution in [0.4, 0.5) is 0 Å². The lowest BCUT2D eigenvalue weighted by atomic mass is 10.1. The number of hydrogen-bond acceptors (Lipinski definition) is 1. The molecule has 1 fully saturated rings. The third kappa shape index (κ3) is 2.07. The van der Waals surface area contributed by atoms with Gasteiger partial charge in [-0.1, -0.05) is 5.92 Å². The summed E-state index contributed by atoms with van der Waals surface area (Å²) < 4.78 is 5.34. The first-order chi connectivity index (χ1) is 4.43. The fourth-order valence-electron chi connectivity index (χ4n) is 1.02. The van der Waals surface area contributed by atoms with E-state index in [0.29, 0.717) is 0 Å². The van der Waals surface area contributed by atoms with E-state index >= 15 is 0 Å². The molecule has 0 bridgehead atoms. The van der Waals surface area contributed by atoms with Crippen LogP contribution in [0.3, 0.4) is 0 Å². The van der Waals surface area contributed by atoms with Crippen LogP contribution < -0.4 is 0 Å². The van der Waals surface area contributed by atoms with Gasteiger partial charge in [-0.15, -0.1) is 5.92 Å². The summed E-state index contributed by atoms with van der Waals surface area (Å²) >= 11 is 0. The van der Waals surface area contributed by atoms with E-state index in [2.05, 4.69) is 11.8 Å². The zero-order chi connectivity index (χ0) is 6.53. The van der Waals surface area contributed by atoms with Gasteiger partial charge in [0.2, 0.25) is 0 Å². The molecule has 1 heterocycles. The van der Waals surface area contributed by atoms with E-state index in [9.17, 15) is 0 Å². The van der Waals surface area contributed by atoms with E-state index in [-0.39, 0.29) is 6.10 Å². The summed E-state index contributed by atoms with van der Waals surface area (Å²) in [6.07, 6.45) is 3.85. The van der Waals surface area contributed by atoms with Gasteiger partial charge in [-0.05, 0) is 26.2 Å². The molecule has 1 rings (SSSR count). The van der Waals surface area contributed by atoms with Crippen molar-refractivity contribution >= 4 is 0 Å².